The van der Waals surface area contributed by atoms with Gasteiger partial charge in [-0.2, -0.15) is 0 Å². The van der Waals surface area contributed by atoms with Crippen molar-refractivity contribution in [3.05, 3.63) is 23.8 Å². The maximum absolute atomic E-state index is 11.9. The Morgan fingerprint density at radius 1 is 1.25 bits per heavy atom. The van der Waals surface area contributed by atoms with E-state index in [1.54, 1.807) is 0 Å². The van der Waals surface area contributed by atoms with Gasteiger partial charge in [-0.3, -0.25) is 9.69 Å². The highest BCUT2D eigenvalue weighted by Gasteiger charge is 2.28. The summed E-state index contributed by atoms with van der Waals surface area (Å²) in [4.78, 5) is 14.0. The fourth-order valence-electron chi connectivity index (χ4n) is 2.76. The number of nitrogens with zero attached hydrogens (tertiary/aromatic N) is 1. The number of rotatable bonds is 3. The summed E-state index contributed by atoms with van der Waals surface area (Å²) in [7, 11) is 0. The molecule has 0 spiro atoms. The number of hydrogen-bond acceptors (Lipinski definition) is 5. The lowest BCUT2D eigenvalue weighted by Crippen LogP contribution is -2.39. The second-order valence-corrected chi connectivity index (χ2v) is 5.06. The monoisotopic (exact) mass is 277 g/mol. The van der Waals surface area contributed by atoms with Crippen molar-refractivity contribution in [1.29, 1.82) is 0 Å². The van der Waals surface area contributed by atoms with E-state index in [1.165, 1.54) is 0 Å². The molecule has 1 aromatic rings. The second kappa shape index (κ2) is 5.68. The van der Waals surface area contributed by atoms with E-state index in [4.69, 9.17) is 15.2 Å². The van der Waals surface area contributed by atoms with Crippen LogP contribution in [0.5, 0.6) is 11.5 Å². The number of hydrogen-bond donors (Lipinski definition) is 2. The van der Waals surface area contributed by atoms with Crippen LogP contribution in [0.15, 0.2) is 18.2 Å². The van der Waals surface area contributed by atoms with Crippen molar-refractivity contribution in [1.82, 2.24) is 10.2 Å². The van der Waals surface area contributed by atoms with E-state index in [1.807, 2.05) is 18.2 Å². The molecule has 2 heterocycles. The topological polar surface area (TPSA) is 76.8 Å². The summed E-state index contributed by atoms with van der Waals surface area (Å²) in [6.45, 7) is 3.74. The lowest BCUT2D eigenvalue weighted by atomic mass is 10.0. The first-order valence-corrected chi connectivity index (χ1v) is 6.89. The second-order valence-electron chi connectivity index (χ2n) is 5.06. The fraction of sp³-hybridized carbons (Fsp3) is 0.500. The largest absolute Gasteiger partial charge is 0.454 e. The zero-order chi connectivity index (χ0) is 13.9. The zero-order valence-electron chi connectivity index (χ0n) is 11.3. The van der Waals surface area contributed by atoms with Crippen molar-refractivity contribution < 1.29 is 14.3 Å². The minimum Gasteiger partial charge on any atom is -0.454 e. The van der Waals surface area contributed by atoms with Gasteiger partial charge in [0.15, 0.2) is 11.5 Å². The lowest BCUT2D eigenvalue weighted by molar-refractivity contribution is -0.123. The van der Waals surface area contributed by atoms with Crippen LogP contribution in [-0.4, -0.2) is 43.8 Å². The van der Waals surface area contributed by atoms with Gasteiger partial charge in [0.2, 0.25) is 12.7 Å². The number of ether oxygens (including phenoxy) is 2. The molecule has 108 valence electrons. The Morgan fingerprint density at radius 2 is 2.10 bits per heavy atom. The van der Waals surface area contributed by atoms with Crippen LogP contribution < -0.4 is 20.5 Å². The number of carbonyl (C=O) groups excluding carboxylic acids is 1. The Labute approximate surface area is 117 Å². The van der Waals surface area contributed by atoms with Gasteiger partial charge in [-0.15, -0.1) is 0 Å². The Bertz CT molecular complexity index is 498. The van der Waals surface area contributed by atoms with E-state index in [2.05, 4.69) is 10.2 Å². The molecule has 2 aliphatic rings. The molecule has 6 heteroatoms. The summed E-state index contributed by atoms with van der Waals surface area (Å²) < 4.78 is 10.7. The molecule has 0 aromatic heterocycles. The number of amides is 1. The highest BCUT2D eigenvalue weighted by Crippen LogP contribution is 2.35. The first kappa shape index (κ1) is 13.2. The molecular formula is C14H19N3O3. The molecule has 1 saturated heterocycles. The van der Waals surface area contributed by atoms with Crippen LogP contribution in [0.2, 0.25) is 0 Å². The van der Waals surface area contributed by atoms with Crippen LogP contribution in [0.25, 0.3) is 0 Å². The highest BCUT2D eigenvalue weighted by atomic mass is 16.7. The maximum Gasteiger partial charge on any atom is 0.239 e. The van der Waals surface area contributed by atoms with Crippen molar-refractivity contribution in [2.24, 2.45) is 5.73 Å². The van der Waals surface area contributed by atoms with Crippen molar-refractivity contribution in [3.63, 3.8) is 0 Å². The summed E-state index contributed by atoms with van der Waals surface area (Å²) in [6.07, 6.45) is 1.01. The van der Waals surface area contributed by atoms with Crippen molar-refractivity contribution in [3.8, 4) is 11.5 Å². The van der Waals surface area contributed by atoms with E-state index < -0.39 is 6.04 Å². The predicted molar refractivity (Wildman–Crippen MR) is 73.6 cm³/mol. The minimum atomic E-state index is -0.413. The van der Waals surface area contributed by atoms with Gasteiger partial charge >= 0.3 is 0 Å². The number of nitrogens with one attached hydrogen (secondary N) is 1. The molecule has 3 N–H and O–H groups in total. The van der Waals surface area contributed by atoms with Crippen molar-refractivity contribution >= 4 is 5.91 Å². The molecule has 0 saturated carbocycles. The third-order valence-electron chi connectivity index (χ3n) is 3.72. The fourth-order valence-corrected chi connectivity index (χ4v) is 2.76. The molecule has 1 fully saturated rings. The smallest absolute Gasteiger partial charge is 0.239 e. The van der Waals surface area contributed by atoms with Gasteiger partial charge in [0.05, 0.1) is 0 Å². The number of fused-ring (bicyclic) bond motifs is 1. The van der Waals surface area contributed by atoms with Crippen LogP contribution in [0.4, 0.5) is 0 Å². The first-order chi connectivity index (χ1) is 9.75. The quantitative estimate of drug-likeness (QED) is 0.827. The summed E-state index contributed by atoms with van der Waals surface area (Å²) in [5.41, 5.74) is 6.49. The molecular weight excluding hydrogens is 258 g/mol. The average Bonchev–Trinajstić information content (AvgIpc) is 2.73. The van der Waals surface area contributed by atoms with Gasteiger partial charge < -0.3 is 20.5 Å². The normalized spacial score (nSPS) is 20.4. The van der Waals surface area contributed by atoms with Gasteiger partial charge in [0.1, 0.15) is 6.04 Å². The number of primary amides is 1. The van der Waals surface area contributed by atoms with Crippen LogP contribution in [0.1, 0.15) is 18.0 Å². The number of benzene rings is 1. The van der Waals surface area contributed by atoms with Crippen LogP contribution >= 0.6 is 0 Å². The minimum absolute atomic E-state index is 0.230. The van der Waals surface area contributed by atoms with Crippen LogP contribution in [0.3, 0.4) is 0 Å². The summed E-state index contributed by atoms with van der Waals surface area (Å²) >= 11 is 0. The Balaban J connectivity index is 1.87. The van der Waals surface area contributed by atoms with Gasteiger partial charge in [-0.25, -0.2) is 0 Å². The van der Waals surface area contributed by atoms with E-state index in [0.717, 1.165) is 43.9 Å². The average molecular weight is 277 g/mol. The Hall–Kier alpha value is -1.79. The van der Waals surface area contributed by atoms with Gasteiger partial charge in [-0.1, -0.05) is 6.07 Å². The summed E-state index contributed by atoms with van der Waals surface area (Å²) in [6, 6.07) is 5.17. The number of carbonyl (C=O) groups is 1. The van der Waals surface area contributed by atoms with Crippen LogP contribution in [0, 0.1) is 0 Å². The maximum atomic E-state index is 11.9. The third-order valence-corrected chi connectivity index (χ3v) is 3.72. The zero-order valence-corrected chi connectivity index (χ0v) is 11.3. The predicted octanol–water partition coefficient (Wildman–Crippen LogP) is 0.237. The number of nitrogens with two attached hydrogens (primary N) is 1. The molecule has 2 aliphatic heterocycles. The molecule has 0 aliphatic carbocycles. The van der Waals surface area contributed by atoms with E-state index in [-0.39, 0.29) is 12.7 Å². The van der Waals surface area contributed by atoms with Crippen molar-refractivity contribution in [2.75, 3.05) is 33.0 Å². The molecule has 0 radical (unpaired) electrons. The molecule has 20 heavy (non-hydrogen) atoms. The van der Waals surface area contributed by atoms with E-state index >= 15 is 0 Å². The molecule has 6 nitrogen and oxygen atoms in total. The van der Waals surface area contributed by atoms with Gasteiger partial charge in [0.25, 0.3) is 0 Å². The Kier molecular flexibility index (Phi) is 3.75. The first-order valence-electron chi connectivity index (χ1n) is 6.89. The molecule has 1 atom stereocenters. The van der Waals surface area contributed by atoms with E-state index in [9.17, 15) is 4.79 Å². The molecule has 1 amide bonds. The standard InChI is InChI=1S/C14H19N3O3/c15-14(18)13(17-6-1-4-16-5-7-17)10-2-3-11-12(8-10)20-9-19-11/h2-3,8,13,16H,1,4-7,9H2,(H2,15,18). The molecule has 0 bridgehead atoms. The molecule has 1 aromatic carbocycles. The third kappa shape index (κ3) is 2.57. The molecule has 3 rings (SSSR count). The van der Waals surface area contributed by atoms with Gasteiger partial charge in [-0.05, 0) is 30.7 Å². The highest BCUT2D eigenvalue weighted by molar-refractivity contribution is 5.81. The Morgan fingerprint density at radius 3 is 2.95 bits per heavy atom. The summed E-state index contributed by atoms with van der Waals surface area (Å²) in [5.74, 6) is 1.07. The van der Waals surface area contributed by atoms with Crippen molar-refractivity contribution in [2.45, 2.75) is 12.5 Å². The SMILES string of the molecule is NC(=O)C(c1ccc2c(c1)OCO2)N1CCCNCC1. The lowest BCUT2D eigenvalue weighted by Gasteiger charge is -2.28. The van der Waals surface area contributed by atoms with Crippen LogP contribution in [-0.2, 0) is 4.79 Å². The molecule has 1 unspecified atom stereocenters. The van der Waals surface area contributed by atoms with Gasteiger partial charge in [0, 0.05) is 19.6 Å². The summed E-state index contributed by atoms with van der Waals surface area (Å²) in [5, 5.41) is 3.33. The van der Waals surface area contributed by atoms with E-state index in [0.29, 0.717) is 5.75 Å².